The number of esters is 1. The van der Waals surface area contributed by atoms with Gasteiger partial charge in [-0.25, -0.2) is 9.59 Å². The summed E-state index contributed by atoms with van der Waals surface area (Å²) in [5.74, 6) is -0.00374. The van der Waals surface area contributed by atoms with Gasteiger partial charge in [0, 0.05) is 35.7 Å². The summed E-state index contributed by atoms with van der Waals surface area (Å²) >= 11 is 12.3. The van der Waals surface area contributed by atoms with Crippen molar-refractivity contribution in [3.05, 3.63) is 39.5 Å². The van der Waals surface area contributed by atoms with Gasteiger partial charge in [-0.1, -0.05) is 29.3 Å². The number of rotatable bonds is 7. The summed E-state index contributed by atoms with van der Waals surface area (Å²) in [6, 6.07) is 5.15. The van der Waals surface area contributed by atoms with Crippen molar-refractivity contribution in [3.63, 3.8) is 0 Å². The summed E-state index contributed by atoms with van der Waals surface area (Å²) in [5.41, 5.74) is 0.215. The van der Waals surface area contributed by atoms with Gasteiger partial charge in [-0.05, 0) is 58.2 Å². The SMILES string of the molecule is CCOC(=O)c1nnc(N2CCC(NC(=O)OC(C)(C)C)CC2)nc1NCc1ccc(Cl)cc1Cl. The van der Waals surface area contributed by atoms with Crippen LogP contribution < -0.4 is 15.5 Å². The highest BCUT2D eigenvalue weighted by atomic mass is 35.5. The van der Waals surface area contributed by atoms with Crippen molar-refractivity contribution in [2.45, 2.75) is 58.7 Å². The molecule has 10 nitrogen and oxygen atoms in total. The van der Waals surface area contributed by atoms with Crippen molar-refractivity contribution < 1.29 is 19.1 Å². The molecule has 0 atom stereocenters. The predicted molar refractivity (Wildman–Crippen MR) is 134 cm³/mol. The monoisotopic (exact) mass is 524 g/mol. The number of amides is 1. The average molecular weight is 525 g/mol. The fourth-order valence-electron chi connectivity index (χ4n) is 3.45. The zero-order chi connectivity index (χ0) is 25.6. The van der Waals surface area contributed by atoms with Gasteiger partial charge in [0.1, 0.15) is 5.60 Å². The lowest BCUT2D eigenvalue weighted by molar-refractivity contribution is 0.0493. The van der Waals surface area contributed by atoms with E-state index in [0.29, 0.717) is 48.5 Å². The van der Waals surface area contributed by atoms with E-state index < -0.39 is 17.7 Å². The lowest BCUT2D eigenvalue weighted by atomic mass is 10.1. The molecule has 1 aliphatic heterocycles. The van der Waals surface area contributed by atoms with E-state index >= 15 is 0 Å². The van der Waals surface area contributed by atoms with Crippen LogP contribution in [0, 0.1) is 0 Å². The quantitative estimate of drug-likeness (QED) is 0.505. The smallest absolute Gasteiger partial charge is 0.407 e. The maximum Gasteiger partial charge on any atom is 0.407 e. The molecule has 1 aromatic carbocycles. The lowest BCUT2D eigenvalue weighted by Crippen LogP contribution is -2.46. The molecule has 2 heterocycles. The Bertz CT molecular complexity index is 1050. The first-order valence-electron chi connectivity index (χ1n) is 11.4. The van der Waals surface area contributed by atoms with E-state index in [0.717, 1.165) is 5.56 Å². The number of hydrogen-bond donors (Lipinski definition) is 2. The molecule has 0 spiro atoms. The molecule has 1 fully saturated rings. The zero-order valence-electron chi connectivity index (χ0n) is 20.2. The van der Waals surface area contributed by atoms with Crippen molar-refractivity contribution >= 4 is 47.0 Å². The molecular formula is C23H30Cl2N6O4. The number of anilines is 2. The minimum absolute atomic E-state index is 0.0119. The Morgan fingerprint density at radius 1 is 1.17 bits per heavy atom. The molecule has 0 saturated carbocycles. The van der Waals surface area contributed by atoms with E-state index in [9.17, 15) is 9.59 Å². The van der Waals surface area contributed by atoms with Gasteiger partial charge >= 0.3 is 12.1 Å². The van der Waals surface area contributed by atoms with E-state index in [2.05, 4.69) is 25.8 Å². The standard InChI is InChI=1S/C23H30Cl2N6O4/c1-5-34-20(32)18-19(26-13-14-6-7-15(24)12-17(14)25)28-21(30-29-18)31-10-8-16(9-11-31)27-22(33)35-23(2,3)4/h6-7,12,16H,5,8-11,13H2,1-4H3,(H,27,33)(H,26,28,30). The zero-order valence-corrected chi connectivity index (χ0v) is 21.7. The van der Waals surface area contributed by atoms with E-state index in [-0.39, 0.29) is 24.2 Å². The van der Waals surface area contributed by atoms with Gasteiger partial charge in [-0.3, -0.25) is 0 Å². The number of piperidine rings is 1. The Balaban J connectivity index is 1.70. The van der Waals surface area contributed by atoms with E-state index in [1.165, 1.54) is 0 Å². The number of halogens is 2. The molecule has 190 valence electrons. The number of aromatic nitrogens is 3. The third kappa shape index (κ3) is 7.83. The van der Waals surface area contributed by atoms with E-state index in [1.807, 2.05) is 25.7 Å². The lowest BCUT2D eigenvalue weighted by Gasteiger charge is -2.32. The third-order valence-corrected chi connectivity index (χ3v) is 5.69. The van der Waals surface area contributed by atoms with Crippen LogP contribution in [0.3, 0.4) is 0 Å². The maximum absolute atomic E-state index is 12.4. The third-order valence-electron chi connectivity index (χ3n) is 5.10. The summed E-state index contributed by atoms with van der Waals surface area (Å²) in [6.07, 6.45) is 0.941. The summed E-state index contributed by atoms with van der Waals surface area (Å²) in [7, 11) is 0. The molecule has 3 rings (SSSR count). The van der Waals surface area contributed by atoms with Gasteiger partial charge in [0.15, 0.2) is 5.82 Å². The van der Waals surface area contributed by atoms with Gasteiger partial charge in [-0.15, -0.1) is 10.2 Å². The number of hydrogen-bond acceptors (Lipinski definition) is 9. The highest BCUT2D eigenvalue weighted by Crippen LogP contribution is 2.24. The number of benzene rings is 1. The minimum Gasteiger partial charge on any atom is -0.461 e. The second kappa shape index (κ2) is 11.7. The molecule has 0 unspecified atom stereocenters. The summed E-state index contributed by atoms with van der Waals surface area (Å²) in [4.78, 5) is 31.0. The van der Waals surface area contributed by atoms with Gasteiger partial charge in [-0.2, -0.15) is 4.98 Å². The molecule has 1 saturated heterocycles. The van der Waals surface area contributed by atoms with Gasteiger partial charge in [0.05, 0.1) is 6.61 Å². The van der Waals surface area contributed by atoms with Crippen LogP contribution in [-0.4, -0.2) is 58.6 Å². The Hall–Kier alpha value is -2.85. The van der Waals surface area contributed by atoms with Crippen LogP contribution in [0.4, 0.5) is 16.6 Å². The van der Waals surface area contributed by atoms with Gasteiger partial charge in [0.2, 0.25) is 11.6 Å². The molecular weight excluding hydrogens is 495 g/mol. The van der Waals surface area contributed by atoms with Gasteiger partial charge < -0.3 is 25.0 Å². The first-order valence-corrected chi connectivity index (χ1v) is 12.2. The molecule has 2 N–H and O–H groups in total. The summed E-state index contributed by atoms with van der Waals surface area (Å²) in [6.45, 7) is 8.88. The molecule has 1 amide bonds. The van der Waals surface area contributed by atoms with Crippen LogP contribution in [0.25, 0.3) is 0 Å². The number of alkyl carbamates (subject to hydrolysis) is 1. The fraction of sp³-hybridized carbons (Fsp3) is 0.522. The van der Waals surface area contributed by atoms with E-state index in [4.69, 9.17) is 32.7 Å². The van der Waals surface area contributed by atoms with Crippen LogP contribution in [0.5, 0.6) is 0 Å². The Morgan fingerprint density at radius 2 is 1.89 bits per heavy atom. The number of carbonyl (C=O) groups is 2. The molecule has 12 heteroatoms. The highest BCUT2D eigenvalue weighted by molar-refractivity contribution is 6.35. The maximum atomic E-state index is 12.4. The summed E-state index contributed by atoms with van der Waals surface area (Å²) < 4.78 is 10.4. The van der Waals surface area contributed by atoms with Crippen LogP contribution in [0.2, 0.25) is 10.0 Å². The number of nitrogens with one attached hydrogen (secondary N) is 2. The number of carbonyl (C=O) groups excluding carboxylic acids is 2. The molecule has 0 aliphatic carbocycles. The first-order chi connectivity index (χ1) is 16.6. The fourth-order valence-corrected chi connectivity index (χ4v) is 3.93. The largest absolute Gasteiger partial charge is 0.461 e. The van der Waals surface area contributed by atoms with Crippen molar-refractivity contribution in [2.75, 3.05) is 29.9 Å². The van der Waals surface area contributed by atoms with Crippen LogP contribution >= 0.6 is 23.2 Å². The molecule has 1 aromatic heterocycles. The Kier molecular flexibility index (Phi) is 8.96. The summed E-state index contributed by atoms with van der Waals surface area (Å²) in [5, 5.41) is 15.3. The van der Waals surface area contributed by atoms with Crippen molar-refractivity contribution in [2.24, 2.45) is 0 Å². The predicted octanol–water partition coefficient (Wildman–Crippen LogP) is 4.46. The normalized spacial score (nSPS) is 14.4. The average Bonchev–Trinajstić information content (AvgIpc) is 2.77. The van der Waals surface area contributed by atoms with Crippen LogP contribution in [0.15, 0.2) is 18.2 Å². The van der Waals surface area contributed by atoms with Crippen molar-refractivity contribution in [1.82, 2.24) is 20.5 Å². The molecule has 0 radical (unpaired) electrons. The van der Waals surface area contributed by atoms with E-state index in [1.54, 1.807) is 25.1 Å². The first kappa shape index (κ1) is 26.7. The second-order valence-electron chi connectivity index (χ2n) is 9.03. The Labute approximate surface area is 214 Å². The van der Waals surface area contributed by atoms with Gasteiger partial charge in [0.25, 0.3) is 0 Å². The van der Waals surface area contributed by atoms with Crippen molar-refractivity contribution in [1.29, 1.82) is 0 Å². The van der Waals surface area contributed by atoms with Crippen LogP contribution in [-0.2, 0) is 16.0 Å². The minimum atomic E-state index is -0.621. The molecule has 0 bridgehead atoms. The topological polar surface area (TPSA) is 119 Å². The number of ether oxygens (including phenoxy) is 2. The molecule has 1 aliphatic rings. The Morgan fingerprint density at radius 3 is 2.51 bits per heavy atom. The van der Waals surface area contributed by atoms with Crippen molar-refractivity contribution in [3.8, 4) is 0 Å². The van der Waals surface area contributed by atoms with Crippen LogP contribution in [0.1, 0.15) is 56.6 Å². The second-order valence-corrected chi connectivity index (χ2v) is 9.87. The highest BCUT2D eigenvalue weighted by Gasteiger charge is 2.26. The molecule has 35 heavy (non-hydrogen) atoms. The number of nitrogens with zero attached hydrogens (tertiary/aromatic N) is 4. The molecule has 2 aromatic rings.